The van der Waals surface area contributed by atoms with Crippen molar-refractivity contribution in [3.63, 3.8) is 0 Å². The molecule has 1 N–H and O–H groups in total. The second-order valence-corrected chi connectivity index (χ2v) is 8.46. The van der Waals surface area contributed by atoms with Gasteiger partial charge in [0.25, 0.3) is 0 Å². The first-order valence-electron chi connectivity index (χ1n) is 8.65. The summed E-state index contributed by atoms with van der Waals surface area (Å²) in [6.45, 7) is 0.366. The van der Waals surface area contributed by atoms with Crippen LogP contribution in [-0.4, -0.2) is 80.2 Å². The van der Waals surface area contributed by atoms with E-state index in [-0.39, 0.29) is 38.5 Å². The van der Waals surface area contributed by atoms with E-state index in [1.165, 1.54) is 19.2 Å². The Morgan fingerprint density at radius 3 is 2.31 bits per heavy atom. The van der Waals surface area contributed by atoms with Crippen LogP contribution in [0, 0.1) is 0 Å². The van der Waals surface area contributed by atoms with Gasteiger partial charge in [-0.15, -0.1) is 13.2 Å². The number of sulfonamides is 1. The molecule has 2 heterocycles. The molecule has 3 rings (SSSR count). The van der Waals surface area contributed by atoms with E-state index in [4.69, 9.17) is 0 Å². The minimum absolute atomic E-state index is 0.0148. The first-order valence-corrected chi connectivity index (χ1v) is 10.1. The lowest BCUT2D eigenvalue weighted by Crippen LogP contribution is -2.62. The van der Waals surface area contributed by atoms with Crippen LogP contribution in [0.2, 0.25) is 0 Å². The summed E-state index contributed by atoms with van der Waals surface area (Å²) in [5.74, 6) is -1.15. The highest BCUT2D eigenvalue weighted by Crippen LogP contribution is 2.31. The predicted octanol–water partition coefficient (Wildman–Crippen LogP) is 0.789. The highest BCUT2D eigenvalue weighted by molar-refractivity contribution is 7.89. The summed E-state index contributed by atoms with van der Waals surface area (Å²) in [4.78, 5) is 25.8. The number of hydrogen-bond donors (Lipinski definition) is 1. The van der Waals surface area contributed by atoms with E-state index in [0.29, 0.717) is 0 Å². The largest absolute Gasteiger partial charge is 0.573 e. The van der Waals surface area contributed by atoms with Gasteiger partial charge < -0.3 is 10.1 Å². The molecule has 2 fully saturated rings. The van der Waals surface area contributed by atoms with Crippen molar-refractivity contribution in [1.29, 1.82) is 0 Å². The summed E-state index contributed by atoms with van der Waals surface area (Å²) in [5.41, 5.74) is 0. The van der Waals surface area contributed by atoms with Gasteiger partial charge in [-0.05, 0) is 12.1 Å². The number of rotatable bonds is 4. The van der Waals surface area contributed by atoms with Crippen molar-refractivity contribution >= 4 is 22.0 Å². The van der Waals surface area contributed by atoms with Gasteiger partial charge in [0.15, 0.2) is 0 Å². The Balaban J connectivity index is 1.71. The fourth-order valence-corrected chi connectivity index (χ4v) is 4.73. The Hall–Kier alpha value is -2.38. The molecule has 0 aromatic heterocycles. The van der Waals surface area contributed by atoms with E-state index >= 15 is 0 Å². The topological polar surface area (TPSA) is 99.3 Å². The number of amides is 3. The smallest absolute Gasteiger partial charge is 0.404 e. The molecule has 2 aliphatic heterocycles. The van der Waals surface area contributed by atoms with E-state index in [0.717, 1.165) is 21.3 Å². The van der Waals surface area contributed by atoms with Gasteiger partial charge in [-0.25, -0.2) is 13.2 Å². The Labute approximate surface area is 165 Å². The summed E-state index contributed by atoms with van der Waals surface area (Å²) in [6, 6.07) is 4.01. The third-order valence-corrected chi connectivity index (χ3v) is 6.68. The molecular weight excluding hydrogens is 417 g/mol. The Bertz CT molecular complexity index is 882. The SMILES string of the molecule is CN1C(=O)CC(N2CCN(S(=O)(=O)c3ccccc3OC(F)(F)F)CC2)NC1=O. The lowest BCUT2D eigenvalue weighted by molar-refractivity contribution is -0.275. The normalized spacial score (nSPS) is 22.5. The molecule has 0 bridgehead atoms. The van der Waals surface area contributed by atoms with E-state index in [2.05, 4.69) is 10.1 Å². The van der Waals surface area contributed by atoms with E-state index < -0.39 is 39.2 Å². The number of piperazine rings is 1. The zero-order chi connectivity index (χ0) is 21.4. The second-order valence-electron chi connectivity index (χ2n) is 6.56. The minimum Gasteiger partial charge on any atom is -0.404 e. The Morgan fingerprint density at radius 1 is 1.10 bits per heavy atom. The average molecular weight is 436 g/mol. The molecule has 160 valence electrons. The number of carbonyl (C=O) groups excluding carboxylic acids is 2. The van der Waals surface area contributed by atoms with Gasteiger partial charge in [0, 0.05) is 33.2 Å². The molecule has 13 heteroatoms. The molecule has 1 unspecified atom stereocenters. The number of carbonyl (C=O) groups is 2. The lowest BCUT2D eigenvalue weighted by atomic mass is 10.2. The quantitative estimate of drug-likeness (QED) is 0.749. The number of alkyl halides is 3. The van der Waals surface area contributed by atoms with Crippen LogP contribution in [0.4, 0.5) is 18.0 Å². The molecule has 1 atom stereocenters. The maximum atomic E-state index is 12.9. The molecule has 2 aliphatic rings. The standard InChI is InChI=1S/C16H19F3N4O5S/c1-21-14(24)10-13(20-15(21)25)22-6-8-23(9-7-22)29(26,27)12-5-3-2-4-11(12)28-16(17,18)19/h2-5,13H,6-10H2,1H3,(H,20,25). The highest BCUT2D eigenvalue weighted by atomic mass is 32.2. The number of hydrogen-bond acceptors (Lipinski definition) is 6. The first-order chi connectivity index (χ1) is 13.5. The molecule has 0 aliphatic carbocycles. The average Bonchev–Trinajstić information content (AvgIpc) is 2.65. The number of halogens is 3. The Kier molecular flexibility index (Phi) is 5.74. The van der Waals surface area contributed by atoms with Crippen molar-refractivity contribution in [2.45, 2.75) is 23.8 Å². The second kappa shape index (κ2) is 7.80. The lowest BCUT2D eigenvalue weighted by Gasteiger charge is -2.41. The van der Waals surface area contributed by atoms with Gasteiger partial charge in [0.2, 0.25) is 15.9 Å². The summed E-state index contributed by atoms with van der Waals surface area (Å²) < 4.78 is 68.4. The van der Waals surface area contributed by atoms with E-state index in [1.54, 1.807) is 4.90 Å². The highest BCUT2D eigenvalue weighted by Gasteiger charge is 2.38. The molecule has 9 nitrogen and oxygen atoms in total. The molecule has 29 heavy (non-hydrogen) atoms. The van der Waals surface area contributed by atoms with Crippen molar-refractivity contribution in [2.75, 3.05) is 33.2 Å². The van der Waals surface area contributed by atoms with Gasteiger partial charge in [-0.1, -0.05) is 12.1 Å². The summed E-state index contributed by atoms with van der Waals surface area (Å²) >= 11 is 0. The maximum Gasteiger partial charge on any atom is 0.573 e. The van der Waals surface area contributed by atoms with Gasteiger partial charge in [0.1, 0.15) is 10.6 Å². The maximum absolute atomic E-state index is 12.9. The first kappa shape index (κ1) is 21.3. The molecule has 0 saturated carbocycles. The van der Waals surface area contributed by atoms with Crippen molar-refractivity contribution in [2.24, 2.45) is 0 Å². The van der Waals surface area contributed by atoms with Crippen LogP contribution in [-0.2, 0) is 14.8 Å². The van der Waals surface area contributed by atoms with Crippen molar-refractivity contribution in [1.82, 2.24) is 19.4 Å². The molecular formula is C16H19F3N4O5S. The van der Waals surface area contributed by atoms with Gasteiger partial charge in [0.05, 0.1) is 12.6 Å². The zero-order valence-electron chi connectivity index (χ0n) is 15.3. The van der Waals surface area contributed by atoms with Gasteiger partial charge in [-0.3, -0.25) is 14.6 Å². The minimum atomic E-state index is -5.02. The molecule has 1 aromatic rings. The van der Waals surface area contributed by atoms with Crippen LogP contribution in [0.1, 0.15) is 6.42 Å². The predicted molar refractivity (Wildman–Crippen MR) is 93.2 cm³/mol. The van der Waals surface area contributed by atoms with Gasteiger partial charge >= 0.3 is 12.4 Å². The van der Waals surface area contributed by atoms with Gasteiger partial charge in [-0.2, -0.15) is 4.31 Å². The van der Waals surface area contributed by atoms with Crippen LogP contribution < -0.4 is 10.1 Å². The van der Waals surface area contributed by atoms with E-state index in [9.17, 15) is 31.2 Å². The van der Waals surface area contributed by atoms with Crippen LogP contribution >= 0.6 is 0 Å². The van der Waals surface area contributed by atoms with Crippen LogP contribution in [0.5, 0.6) is 5.75 Å². The summed E-state index contributed by atoms with van der Waals surface area (Å²) in [6.07, 6.45) is -5.53. The number of ether oxygens (including phenoxy) is 1. The number of urea groups is 1. The monoisotopic (exact) mass is 436 g/mol. The molecule has 3 amide bonds. The van der Waals surface area contributed by atoms with Crippen LogP contribution in [0.3, 0.4) is 0 Å². The number of para-hydroxylation sites is 1. The fourth-order valence-electron chi connectivity index (χ4n) is 3.19. The number of imide groups is 1. The summed E-state index contributed by atoms with van der Waals surface area (Å²) in [7, 11) is -2.87. The van der Waals surface area contributed by atoms with Crippen LogP contribution in [0.25, 0.3) is 0 Å². The number of nitrogens with one attached hydrogen (secondary N) is 1. The zero-order valence-corrected chi connectivity index (χ0v) is 16.2. The number of nitrogens with zero attached hydrogens (tertiary/aromatic N) is 3. The molecule has 0 radical (unpaired) electrons. The molecule has 0 spiro atoms. The van der Waals surface area contributed by atoms with Crippen molar-refractivity contribution < 1.29 is 35.9 Å². The third-order valence-electron chi connectivity index (χ3n) is 4.74. The molecule has 2 saturated heterocycles. The van der Waals surface area contributed by atoms with E-state index in [1.807, 2.05) is 0 Å². The number of benzene rings is 1. The third kappa shape index (κ3) is 4.62. The Morgan fingerprint density at radius 2 is 1.72 bits per heavy atom. The van der Waals surface area contributed by atoms with Crippen molar-refractivity contribution in [3.8, 4) is 5.75 Å². The van der Waals surface area contributed by atoms with Crippen LogP contribution in [0.15, 0.2) is 29.2 Å². The fraction of sp³-hybridized carbons (Fsp3) is 0.500. The van der Waals surface area contributed by atoms with Crippen molar-refractivity contribution in [3.05, 3.63) is 24.3 Å². The molecule has 1 aromatic carbocycles. The summed E-state index contributed by atoms with van der Waals surface area (Å²) in [5, 5.41) is 2.67.